The second-order valence-corrected chi connectivity index (χ2v) is 4.58. The molecule has 0 heterocycles. The first kappa shape index (κ1) is 18.4. The van der Waals surface area contributed by atoms with E-state index in [4.69, 9.17) is 4.74 Å². The number of ether oxygens (including phenoxy) is 1. The molecule has 0 aromatic heterocycles. The quantitative estimate of drug-likeness (QED) is 0.577. The normalized spacial score (nSPS) is 10.2. The zero-order valence-corrected chi connectivity index (χ0v) is 12.8. The Bertz CT molecular complexity index is 334. The molecule has 0 saturated carbocycles. The molecule has 0 spiro atoms. The standard InChI is InChI=1S/C13H25N3O4/c1-5-7-14-11(17)8-16(4)12(18)9-15(3)10-13(19)20-6-2/h5-10H2,1-4H3,(H,14,17). The van der Waals surface area contributed by atoms with Crippen molar-refractivity contribution in [1.82, 2.24) is 15.1 Å². The van der Waals surface area contributed by atoms with Crippen LogP contribution in [0.5, 0.6) is 0 Å². The van der Waals surface area contributed by atoms with Crippen LogP contribution in [0.4, 0.5) is 0 Å². The summed E-state index contributed by atoms with van der Waals surface area (Å²) in [6.07, 6.45) is 0.853. The van der Waals surface area contributed by atoms with Gasteiger partial charge in [0.05, 0.1) is 26.2 Å². The first-order chi connectivity index (χ1) is 9.40. The lowest BCUT2D eigenvalue weighted by atomic mass is 10.4. The molecule has 7 nitrogen and oxygen atoms in total. The number of hydrogen-bond acceptors (Lipinski definition) is 5. The van der Waals surface area contributed by atoms with Crippen molar-refractivity contribution in [2.45, 2.75) is 20.3 Å². The number of nitrogens with zero attached hydrogens (tertiary/aromatic N) is 2. The monoisotopic (exact) mass is 287 g/mol. The lowest BCUT2D eigenvalue weighted by molar-refractivity contribution is -0.145. The first-order valence-corrected chi connectivity index (χ1v) is 6.75. The Morgan fingerprint density at radius 3 is 2.25 bits per heavy atom. The van der Waals surface area contributed by atoms with Gasteiger partial charge in [-0.1, -0.05) is 6.92 Å². The lowest BCUT2D eigenvalue weighted by Crippen LogP contribution is -2.43. The molecule has 0 aromatic carbocycles. The third-order valence-electron chi connectivity index (χ3n) is 2.49. The van der Waals surface area contributed by atoms with E-state index in [0.29, 0.717) is 13.2 Å². The SMILES string of the molecule is CCCNC(=O)CN(C)C(=O)CN(C)CC(=O)OCC. The van der Waals surface area contributed by atoms with Crippen LogP contribution in [0.3, 0.4) is 0 Å². The number of carbonyl (C=O) groups excluding carboxylic acids is 3. The average molecular weight is 287 g/mol. The summed E-state index contributed by atoms with van der Waals surface area (Å²) in [5, 5.41) is 2.70. The van der Waals surface area contributed by atoms with Crippen LogP contribution >= 0.6 is 0 Å². The van der Waals surface area contributed by atoms with Crippen LogP contribution in [0, 0.1) is 0 Å². The minimum absolute atomic E-state index is 0.0199. The topological polar surface area (TPSA) is 79.0 Å². The van der Waals surface area contributed by atoms with Crippen molar-refractivity contribution in [1.29, 1.82) is 0 Å². The molecule has 20 heavy (non-hydrogen) atoms. The predicted octanol–water partition coefficient (Wildman–Crippen LogP) is -0.534. The zero-order chi connectivity index (χ0) is 15.5. The van der Waals surface area contributed by atoms with Gasteiger partial charge in [0.2, 0.25) is 11.8 Å². The lowest BCUT2D eigenvalue weighted by Gasteiger charge is -2.21. The van der Waals surface area contributed by atoms with E-state index in [2.05, 4.69) is 5.32 Å². The van der Waals surface area contributed by atoms with Gasteiger partial charge in [0, 0.05) is 13.6 Å². The van der Waals surface area contributed by atoms with E-state index in [1.807, 2.05) is 6.92 Å². The van der Waals surface area contributed by atoms with E-state index in [9.17, 15) is 14.4 Å². The van der Waals surface area contributed by atoms with Crippen molar-refractivity contribution in [3.63, 3.8) is 0 Å². The maximum Gasteiger partial charge on any atom is 0.320 e. The molecule has 0 aromatic rings. The molecule has 0 radical (unpaired) electrons. The summed E-state index contributed by atoms with van der Waals surface area (Å²) in [6.45, 7) is 4.74. The van der Waals surface area contributed by atoms with Crippen LogP contribution in [0.1, 0.15) is 20.3 Å². The van der Waals surface area contributed by atoms with Gasteiger partial charge >= 0.3 is 5.97 Å². The molecule has 0 aliphatic heterocycles. The molecule has 0 aliphatic rings. The smallest absolute Gasteiger partial charge is 0.320 e. The summed E-state index contributed by atoms with van der Waals surface area (Å²) in [4.78, 5) is 37.5. The number of likely N-dealkylation sites (N-methyl/N-ethyl adjacent to an activating group) is 2. The number of rotatable bonds is 9. The molecule has 7 heteroatoms. The third-order valence-corrected chi connectivity index (χ3v) is 2.49. The Morgan fingerprint density at radius 2 is 1.70 bits per heavy atom. The summed E-state index contributed by atoms with van der Waals surface area (Å²) < 4.78 is 4.79. The fourth-order valence-electron chi connectivity index (χ4n) is 1.46. The largest absolute Gasteiger partial charge is 0.465 e. The van der Waals surface area contributed by atoms with Crippen LogP contribution in [0.15, 0.2) is 0 Å². The van der Waals surface area contributed by atoms with Crippen molar-refractivity contribution >= 4 is 17.8 Å². The molecule has 0 rings (SSSR count). The fourth-order valence-corrected chi connectivity index (χ4v) is 1.46. The van der Waals surface area contributed by atoms with Gasteiger partial charge in [-0.05, 0) is 20.4 Å². The minimum atomic E-state index is -0.369. The van der Waals surface area contributed by atoms with Crippen molar-refractivity contribution in [3.8, 4) is 0 Å². The highest BCUT2D eigenvalue weighted by Gasteiger charge is 2.16. The molecule has 0 atom stereocenters. The highest BCUT2D eigenvalue weighted by Crippen LogP contribution is 1.91. The van der Waals surface area contributed by atoms with Gasteiger partial charge in [0.1, 0.15) is 0 Å². The number of esters is 1. The van der Waals surface area contributed by atoms with Gasteiger partial charge < -0.3 is 15.0 Å². The minimum Gasteiger partial charge on any atom is -0.465 e. The molecular weight excluding hydrogens is 262 g/mol. The van der Waals surface area contributed by atoms with E-state index < -0.39 is 0 Å². The van der Waals surface area contributed by atoms with Crippen LogP contribution < -0.4 is 5.32 Å². The number of amides is 2. The molecule has 0 fully saturated rings. The maximum absolute atomic E-state index is 11.9. The van der Waals surface area contributed by atoms with Crippen molar-refractivity contribution in [2.75, 3.05) is 46.9 Å². The van der Waals surface area contributed by atoms with Crippen LogP contribution in [-0.4, -0.2) is 74.5 Å². The Kier molecular flexibility index (Phi) is 9.36. The van der Waals surface area contributed by atoms with Crippen LogP contribution in [-0.2, 0) is 19.1 Å². The van der Waals surface area contributed by atoms with E-state index in [0.717, 1.165) is 6.42 Å². The van der Waals surface area contributed by atoms with Crippen LogP contribution in [0.2, 0.25) is 0 Å². The van der Waals surface area contributed by atoms with Gasteiger partial charge in [-0.2, -0.15) is 0 Å². The summed E-state index contributed by atoms with van der Waals surface area (Å²) in [5.74, 6) is -0.773. The molecule has 0 unspecified atom stereocenters. The van der Waals surface area contributed by atoms with Crippen molar-refractivity contribution in [3.05, 3.63) is 0 Å². The van der Waals surface area contributed by atoms with E-state index in [1.54, 1.807) is 25.9 Å². The Labute approximate surface area is 120 Å². The summed E-state index contributed by atoms with van der Waals surface area (Å²) in [7, 11) is 3.21. The average Bonchev–Trinajstić information content (AvgIpc) is 2.36. The predicted molar refractivity (Wildman–Crippen MR) is 75.1 cm³/mol. The number of hydrogen-bond donors (Lipinski definition) is 1. The number of carbonyl (C=O) groups is 3. The van der Waals surface area contributed by atoms with Crippen molar-refractivity contribution < 1.29 is 19.1 Å². The summed E-state index contributed by atoms with van der Waals surface area (Å²) in [5.41, 5.74) is 0. The highest BCUT2D eigenvalue weighted by atomic mass is 16.5. The van der Waals surface area contributed by atoms with Gasteiger partial charge in [-0.3, -0.25) is 19.3 Å². The summed E-state index contributed by atoms with van der Waals surface area (Å²) >= 11 is 0. The molecular formula is C13H25N3O4. The molecule has 0 saturated heterocycles. The highest BCUT2D eigenvalue weighted by molar-refractivity contribution is 5.85. The third kappa shape index (κ3) is 8.47. The van der Waals surface area contributed by atoms with Gasteiger partial charge in [0.15, 0.2) is 0 Å². The fraction of sp³-hybridized carbons (Fsp3) is 0.769. The van der Waals surface area contributed by atoms with Crippen molar-refractivity contribution in [2.24, 2.45) is 0 Å². The Hall–Kier alpha value is -1.63. The van der Waals surface area contributed by atoms with Crippen LogP contribution in [0.25, 0.3) is 0 Å². The second-order valence-electron chi connectivity index (χ2n) is 4.58. The Morgan fingerprint density at radius 1 is 1.05 bits per heavy atom. The van der Waals surface area contributed by atoms with E-state index in [-0.39, 0.29) is 37.4 Å². The molecule has 116 valence electrons. The number of nitrogens with one attached hydrogen (secondary N) is 1. The van der Waals surface area contributed by atoms with Gasteiger partial charge in [-0.25, -0.2) is 0 Å². The first-order valence-electron chi connectivity index (χ1n) is 6.75. The summed E-state index contributed by atoms with van der Waals surface area (Å²) in [6, 6.07) is 0. The second kappa shape index (κ2) is 10.2. The zero-order valence-electron chi connectivity index (χ0n) is 12.8. The van der Waals surface area contributed by atoms with Gasteiger partial charge in [-0.15, -0.1) is 0 Å². The van der Waals surface area contributed by atoms with E-state index in [1.165, 1.54) is 4.90 Å². The maximum atomic E-state index is 11.9. The van der Waals surface area contributed by atoms with E-state index >= 15 is 0 Å². The molecule has 0 aliphatic carbocycles. The Balaban J connectivity index is 4.05. The van der Waals surface area contributed by atoms with Gasteiger partial charge in [0.25, 0.3) is 0 Å². The molecule has 0 bridgehead atoms. The molecule has 1 N–H and O–H groups in total. The molecule has 2 amide bonds.